The van der Waals surface area contributed by atoms with Crippen molar-refractivity contribution in [3.8, 4) is 0 Å². The van der Waals surface area contributed by atoms with Crippen LogP contribution in [0.15, 0.2) is 23.5 Å². The fourth-order valence-corrected chi connectivity index (χ4v) is 1.26. The Morgan fingerprint density at radius 2 is 2.45 bits per heavy atom. The Balaban J connectivity index is 2.41. The Morgan fingerprint density at radius 1 is 1.64 bits per heavy atom. The largest absolute Gasteiger partial charge is 0.497 e. The van der Waals surface area contributed by atoms with E-state index in [2.05, 4.69) is 0 Å². The van der Waals surface area contributed by atoms with Gasteiger partial charge in [0.2, 0.25) is 0 Å². The van der Waals surface area contributed by atoms with Crippen LogP contribution in [0.2, 0.25) is 0 Å². The molecule has 0 radical (unpaired) electrons. The van der Waals surface area contributed by atoms with Crippen molar-refractivity contribution in [1.29, 1.82) is 0 Å². The summed E-state index contributed by atoms with van der Waals surface area (Å²) in [6.45, 7) is 2.22. The van der Waals surface area contributed by atoms with Crippen LogP contribution in [-0.4, -0.2) is 18.7 Å². The van der Waals surface area contributed by atoms with Gasteiger partial charge in [-0.3, -0.25) is 0 Å². The third kappa shape index (κ3) is 0.843. The fourth-order valence-electron chi connectivity index (χ4n) is 1.26. The summed E-state index contributed by atoms with van der Waals surface area (Å²) in [5, 5.41) is 0. The van der Waals surface area contributed by atoms with Crippen molar-refractivity contribution in [1.82, 2.24) is 0 Å². The molecule has 1 atom stereocenters. The first-order valence-corrected chi connectivity index (χ1v) is 3.49. The van der Waals surface area contributed by atoms with Gasteiger partial charge in [0.1, 0.15) is 6.61 Å². The van der Waals surface area contributed by atoms with E-state index in [9.17, 15) is 4.79 Å². The molecule has 0 aromatic rings. The maximum atomic E-state index is 11.0. The number of carbonyl (C=O) groups is 1. The molecule has 3 nitrogen and oxygen atoms in total. The van der Waals surface area contributed by atoms with Gasteiger partial charge in [0, 0.05) is 11.1 Å². The quantitative estimate of drug-likeness (QED) is 0.481. The average molecular weight is 152 g/mol. The Hall–Kier alpha value is -1.25. The smallest absolute Gasteiger partial charge is 0.334 e. The molecule has 0 amide bonds. The molecular weight excluding hydrogens is 144 g/mol. The summed E-state index contributed by atoms with van der Waals surface area (Å²) in [7, 11) is 0. The second kappa shape index (κ2) is 2.12. The summed E-state index contributed by atoms with van der Waals surface area (Å²) in [6, 6.07) is 0. The van der Waals surface area contributed by atoms with E-state index in [4.69, 9.17) is 9.47 Å². The highest BCUT2D eigenvalue weighted by Crippen LogP contribution is 2.26. The summed E-state index contributed by atoms with van der Waals surface area (Å²) in [5.41, 5.74) is 1.66. The number of fused-ring (bicyclic) bond motifs is 1. The van der Waals surface area contributed by atoms with Crippen molar-refractivity contribution >= 4 is 5.97 Å². The van der Waals surface area contributed by atoms with E-state index in [0.29, 0.717) is 12.2 Å². The van der Waals surface area contributed by atoms with Gasteiger partial charge < -0.3 is 9.47 Å². The number of hydrogen-bond acceptors (Lipinski definition) is 3. The molecule has 2 heterocycles. The van der Waals surface area contributed by atoms with Gasteiger partial charge >= 0.3 is 5.97 Å². The van der Waals surface area contributed by atoms with E-state index in [0.717, 1.165) is 5.57 Å². The molecule has 0 aromatic heterocycles. The molecule has 0 saturated carbocycles. The second-order valence-corrected chi connectivity index (χ2v) is 2.61. The van der Waals surface area contributed by atoms with Crippen LogP contribution in [0.25, 0.3) is 0 Å². The first-order valence-electron chi connectivity index (χ1n) is 3.49. The van der Waals surface area contributed by atoms with Gasteiger partial charge in [0.25, 0.3) is 0 Å². The van der Waals surface area contributed by atoms with E-state index < -0.39 is 0 Å². The molecule has 0 bridgehead atoms. The zero-order chi connectivity index (χ0) is 7.84. The van der Waals surface area contributed by atoms with Crippen molar-refractivity contribution in [2.75, 3.05) is 6.61 Å². The minimum Gasteiger partial charge on any atom is -0.497 e. The SMILES string of the molecule is CC1=C2C=COC[C@H]2OC1=O. The van der Waals surface area contributed by atoms with Crippen LogP contribution < -0.4 is 0 Å². The molecule has 0 spiro atoms. The van der Waals surface area contributed by atoms with Crippen molar-refractivity contribution in [2.24, 2.45) is 0 Å². The number of esters is 1. The van der Waals surface area contributed by atoms with Gasteiger partial charge in [0.05, 0.1) is 6.26 Å². The summed E-state index contributed by atoms with van der Waals surface area (Å²) in [5.74, 6) is -0.222. The summed E-state index contributed by atoms with van der Waals surface area (Å²) < 4.78 is 9.98. The molecule has 0 aliphatic carbocycles. The van der Waals surface area contributed by atoms with E-state index in [1.165, 1.54) is 0 Å². The first-order chi connectivity index (χ1) is 5.29. The van der Waals surface area contributed by atoms with Gasteiger partial charge in [0.15, 0.2) is 6.10 Å². The zero-order valence-electron chi connectivity index (χ0n) is 6.16. The molecule has 0 N–H and O–H groups in total. The van der Waals surface area contributed by atoms with E-state index in [1.807, 2.05) is 0 Å². The van der Waals surface area contributed by atoms with Crippen LogP contribution in [0.4, 0.5) is 0 Å². The molecule has 2 aliphatic heterocycles. The molecule has 0 saturated heterocycles. The van der Waals surface area contributed by atoms with Crippen molar-refractivity contribution in [3.63, 3.8) is 0 Å². The Morgan fingerprint density at radius 3 is 3.18 bits per heavy atom. The molecule has 2 rings (SSSR count). The van der Waals surface area contributed by atoms with Crippen LogP contribution in [0.5, 0.6) is 0 Å². The van der Waals surface area contributed by atoms with Gasteiger partial charge in [-0.25, -0.2) is 4.79 Å². The molecule has 0 aromatic carbocycles. The Bertz CT molecular complexity index is 263. The second-order valence-electron chi connectivity index (χ2n) is 2.61. The van der Waals surface area contributed by atoms with Crippen LogP contribution in [0.3, 0.4) is 0 Å². The topological polar surface area (TPSA) is 35.5 Å². The highest BCUT2D eigenvalue weighted by molar-refractivity contribution is 5.92. The van der Waals surface area contributed by atoms with E-state index >= 15 is 0 Å². The predicted octanol–water partition coefficient (Wildman–Crippen LogP) is 0.772. The van der Waals surface area contributed by atoms with Crippen molar-refractivity contribution < 1.29 is 14.3 Å². The summed E-state index contributed by atoms with van der Waals surface area (Å²) in [6.07, 6.45) is 3.22. The number of carbonyl (C=O) groups excluding carboxylic acids is 1. The first kappa shape index (κ1) is 6.46. The highest BCUT2D eigenvalue weighted by atomic mass is 16.6. The monoisotopic (exact) mass is 152 g/mol. The lowest BCUT2D eigenvalue weighted by Crippen LogP contribution is -2.19. The molecule has 3 heteroatoms. The minimum atomic E-state index is -0.222. The lowest BCUT2D eigenvalue weighted by molar-refractivity contribution is -0.141. The van der Waals surface area contributed by atoms with Gasteiger partial charge in [-0.05, 0) is 13.0 Å². The standard InChI is InChI=1S/C8H8O3/c1-5-6-2-3-10-4-7(6)11-8(5)9/h2-3,7H,4H2,1H3/t7-/m1/s1. The maximum absolute atomic E-state index is 11.0. The lowest BCUT2D eigenvalue weighted by atomic mass is 10.1. The molecule has 11 heavy (non-hydrogen) atoms. The Labute approximate surface area is 64.3 Å². The lowest BCUT2D eigenvalue weighted by Gasteiger charge is -2.14. The Kier molecular flexibility index (Phi) is 1.24. The third-order valence-electron chi connectivity index (χ3n) is 1.93. The fraction of sp³-hybridized carbons (Fsp3) is 0.375. The molecule has 58 valence electrons. The summed E-state index contributed by atoms with van der Waals surface area (Å²) in [4.78, 5) is 11.0. The van der Waals surface area contributed by atoms with E-state index in [1.54, 1.807) is 19.3 Å². The minimum absolute atomic E-state index is 0.160. The number of hydrogen-bond donors (Lipinski definition) is 0. The number of ether oxygens (including phenoxy) is 2. The van der Waals surface area contributed by atoms with E-state index in [-0.39, 0.29) is 12.1 Å². The molecule has 0 fully saturated rings. The zero-order valence-corrected chi connectivity index (χ0v) is 6.16. The highest BCUT2D eigenvalue weighted by Gasteiger charge is 2.31. The molecule has 2 aliphatic rings. The predicted molar refractivity (Wildman–Crippen MR) is 37.7 cm³/mol. The van der Waals surface area contributed by atoms with Gasteiger partial charge in [-0.15, -0.1) is 0 Å². The number of rotatable bonds is 0. The normalized spacial score (nSPS) is 28.1. The van der Waals surface area contributed by atoms with Crippen LogP contribution in [0, 0.1) is 0 Å². The van der Waals surface area contributed by atoms with Gasteiger partial charge in [-0.1, -0.05) is 0 Å². The third-order valence-corrected chi connectivity index (χ3v) is 1.93. The van der Waals surface area contributed by atoms with Crippen LogP contribution in [-0.2, 0) is 14.3 Å². The average Bonchev–Trinajstić information content (AvgIpc) is 2.30. The molecular formula is C8H8O3. The summed E-state index contributed by atoms with van der Waals surface area (Å²) >= 11 is 0. The van der Waals surface area contributed by atoms with Crippen molar-refractivity contribution in [2.45, 2.75) is 13.0 Å². The van der Waals surface area contributed by atoms with Crippen LogP contribution >= 0.6 is 0 Å². The van der Waals surface area contributed by atoms with Crippen molar-refractivity contribution in [3.05, 3.63) is 23.5 Å². The van der Waals surface area contributed by atoms with Gasteiger partial charge in [-0.2, -0.15) is 0 Å². The molecule has 0 unspecified atom stereocenters. The van der Waals surface area contributed by atoms with Crippen LogP contribution in [0.1, 0.15) is 6.92 Å². The maximum Gasteiger partial charge on any atom is 0.334 e.